The third-order valence-corrected chi connectivity index (χ3v) is 5.68. The van der Waals surface area contributed by atoms with E-state index in [4.69, 9.17) is 4.98 Å². The molecule has 0 amide bonds. The fourth-order valence-corrected chi connectivity index (χ4v) is 3.99. The molecule has 5 heteroatoms. The highest BCUT2D eigenvalue weighted by Gasteiger charge is 2.15. The molecule has 0 saturated carbocycles. The van der Waals surface area contributed by atoms with Crippen molar-refractivity contribution in [1.82, 2.24) is 9.97 Å². The second kappa shape index (κ2) is 8.31. The number of aryl methyl sites for hydroxylation is 1. The minimum absolute atomic E-state index is 0.243. The van der Waals surface area contributed by atoms with Crippen molar-refractivity contribution in [2.24, 2.45) is 0 Å². The molecule has 2 aromatic heterocycles. The molecule has 2 heterocycles. The minimum Gasteiger partial charge on any atom is -0.366 e. The van der Waals surface area contributed by atoms with Crippen LogP contribution >= 0.6 is 11.3 Å². The van der Waals surface area contributed by atoms with Crippen molar-refractivity contribution < 1.29 is 4.39 Å². The molecule has 0 saturated heterocycles. The van der Waals surface area contributed by atoms with Crippen LogP contribution in [0.15, 0.2) is 72.9 Å². The lowest BCUT2D eigenvalue weighted by Gasteiger charge is -2.08. The van der Waals surface area contributed by atoms with Gasteiger partial charge in [0.25, 0.3) is 0 Å². The summed E-state index contributed by atoms with van der Waals surface area (Å²) in [4.78, 5) is 10.3. The molecular weight excluding hydrogens is 369 g/mol. The summed E-state index contributed by atoms with van der Waals surface area (Å²) < 4.78 is 13.3. The van der Waals surface area contributed by atoms with Crippen LogP contribution in [-0.2, 0) is 13.0 Å². The first-order valence-electron chi connectivity index (χ1n) is 9.23. The third-order valence-electron chi connectivity index (χ3n) is 4.43. The van der Waals surface area contributed by atoms with E-state index in [0.717, 1.165) is 38.9 Å². The number of anilines is 1. The SMILES string of the molecule is CCc1nc(-c2ccc(F)cc2)c(-c2ccnc(NCc3ccccc3)c2)s1. The number of halogens is 1. The molecule has 0 unspecified atom stereocenters. The molecule has 1 N–H and O–H groups in total. The van der Waals surface area contributed by atoms with Gasteiger partial charge in [-0.05, 0) is 53.9 Å². The van der Waals surface area contributed by atoms with E-state index in [2.05, 4.69) is 29.4 Å². The van der Waals surface area contributed by atoms with Crippen molar-refractivity contribution in [3.8, 4) is 21.7 Å². The number of pyridine rings is 1. The highest BCUT2D eigenvalue weighted by molar-refractivity contribution is 7.15. The van der Waals surface area contributed by atoms with E-state index in [9.17, 15) is 4.39 Å². The quantitative estimate of drug-likeness (QED) is 0.427. The Balaban J connectivity index is 1.65. The van der Waals surface area contributed by atoms with Crippen LogP contribution in [0.4, 0.5) is 10.2 Å². The molecule has 0 aliphatic carbocycles. The maximum absolute atomic E-state index is 13.3. The van der Waals surface area contributed by atoms with Gasteiger partial charge in [-0.2, -0.15) is 0 Å². The largest absolute Gasteiger partial charge is 0.366 e. The molecule has 0 aliphatic rings. The van der Waals surface area contributed by atoms with Crippen LogP contribution < -0.4 is 5.32 Å². The van der Waals surface area contributed by atoms with Crippen LogP contribution in [0.3, 0.4) is 0 Å². The van der Waals surface area contributed by atoms with Crippen LogP contribution in [0, 0.1) is 5.82 Å². The van der Waals surface area contributed by atoms with Crippen molar-refractivity contribution in [2.45, 2.75) is 19.9 Å². The topological polar surface area (TPSA) is 37.8 Å². The molecule has 2 aromatic carbocycles. The Morgan fingerprint density at radius 3 is 2.50 bits per heavy atom. The van der Waals surface area contributed by atoms with Crippen LogP contribution in [0.1, 0.15) is 17.5 Å². The molecule has 0 atom stereocenters. The Morgan fingerprint density at radius 1 is 0.964 bits per heavy atom. The van der Waals surface area contributed by atoms with Crippen LogP contribution in [0.25, 0.3) is 21.7 Å². The lowest BCUT2D eigenvalue weighted by Crippen LogP contribution is -2.01. The number of nitrogens with one attached hydrogen (secondary N) is 1. The molecule has 28 heavy (non-hydrogen) atoms. The zero-order chi connectivity index (χ0) is 19.3. The molecule has 0 radical (unpaired) electrons. The summed E-state index contributed by atoms with van der Waals surface area (Å²) in [7, 11) is 0. The number of hydrogen-bond acceptors (Lipinski definition) is 4. The van der Waals surface area contributed by atoms with Crippen LogP contribution in [0.5, 0.6) is 0 Å². The van der Waals surface area contributed by atoms with Crippen LogP contribution in [-0.4, -0.2) is 9.97 Å². The highest BCUT2D eigenvalue weighted by atomic mass is 32.1. The molecule has 0 bridgehead atoms. The van der Waals surface area contributed by atoms with Gasteiger partial charge in [0.2, 0.25) is 0 Å². The number of benzene rings is 2. The Kier molecular flexibility index (Phi) is 5.44. The monoisotopic (exact) mass is 389 g/mol. The van der Waals surface area contributed by atoms with Crippen molar-refractivity contribution in [3.63, 3.8) is 0 Å². The fraction of sp³-hybridized carbons (Fsp3) is 0.130. The molecular formula is C23H20FN3S. The molecule has 4 rings (SSSR count). The summed E-state index contributed by atoms with van der Waals surface area (Å²) in [6, 6.07) is 20.8. The fourth-order valence-electron chi connectivity index (χ4n) is 2.97. The zero-order valence-corrected chi connectivity index (χ0v) is 16.3. The summed E-state index contributed by atoms with van der Waals surface area (Å²) >= 11 is 1.67. The van der Waals surface area contributed by atoms with Gasteiger partial charge in [-0.3, -0.25) is 0 Å². The van der Waals surface area contributed by atoms with E-state index >= 15 is 0 Å². The maximum Gasteiger partial charge on any atom is 0.126 e. The van der Waals surface area contributed by atoms with E-state index in [1.165, 1.54) is 17.7 Å². The summed E-state index contributed by atoms with van der Waals surface area (Å²) in [6.07, 6.45) is 2.67. The standard InChI is InChI=1S/C23H20FN3S/c1-2-21-27-22(17-8-10-19(24)11-9-17)23(28-21)18-12-13-25-20(14-18)26-15-16-6-4-3-5-7-16/h3-14H,2,15H2,1H3,(H,25,26). The van der Waals surface area contributed by atoms with Gasteiger partial charge in [0.1, 0.15) is 11.6 Å². The van der Waals surface area contributed by atoms with Crippen molar-refractivity contribution in [3.05, 3.63) is 89.3 Å². The highest BCUT2D eigenvalue weighted by Crippen LogP contribution is 2.37. The Morgan fingerprint density at radius 2 is 1.75 bits per heavy atom. The van der Waals surface area contributed by atoms with Crippen molar-refractivity contribution >= 4 is 17.2 Å². The Labute approximate surface area is 167 Å². The van der Waals surface area contributed by atoms with Gasteiger partial charge in [-0.1, -0.05) is 37.3 Å². The van der Waals surface area contributed by atoms with Crippen LogP contribution in [0.2, 0.25) is 0 Å². The van der Waals surface area contributed by atoms with Crippen molar-refractivity contribution in [2.75, 3.05) is 5.32 Å². The summed E-state index contributed by atoms with van der Waals surface area (Å²) in [5.41, 5.74) is 4.07. The summed E-state index contributed by atoms with van der Waals surface area (Å²) in [5.74, 6) is 0.574. The average Bonchev–Trinajstić information content (AvgIpc) is 3.18. The normalized spacial score (nSPS) is 10.8. The molecule has 140 valence electrons. The summed E-state index contributed by atoms with van der Waals surface area (Å²) in [6.45, 7) is 2.81. The second-order valence-electron chi connectivity index (χ2n) is 6.41. The number of rotatable bonds is 6. The molecule has 0 aliphatic heterocycles. The molecule has 0 fully saturated rings. The molecule has 4 aromatic rings. The van der Waals surface area contributed by atoms with Crippen molar-refractivity contribution in [1.29, 1.82) is 0 Å². The van der Waals surface area contributed by atoms with Gasteiger partial charge >= 0.3 is 0 Å². The zero-order valence-electron chi connectivity index (χ0n) is 15.5. The lowest BCUT2D eigenvalue weighted by atomic mass is 10.1. The minimum atomic E-state index is -0.243. The second-order valence-corrected chi connectivity index (χ2v) is 7.50. The maximum atomic E-state index is 13.3. The van der Waals surface area contributed by atoms with Gasteiger partial charge < -0.3 is 5.32 Å². The number of thiazole rings is 1. The van der Waals surface area contributed by atoms with E-state index < -0.39 is 0 Å². The van der Waals surface area contributed by atoms with E-state index in [0.29, 0.717) is 6.54 Å². The predicted molar refractivity (Wildman–Crippen MR) is 114 cm³/mol. The van der Waals surface area contributed by atoms with Gasteiger partial charge in [-0.15, -0.1) is 11.3 Å². The average molecular weight is 389 g/mol. The first kappa shape index (κ1) is 18.3. The smallest absolute Gasteiger partial charge is 0.126 e. The molecule has 0 spiro atoms. The van der Waals surface area contributed by atoms with E-state index in [1.54, 1.807) is 23.5 Å². The predicted octanol–water partition coefficient (Wildman–Crippen LogP) is 6.19. The van der Waals surface area contributed by atoms with Gasteiger partial charge in [-0.25, -0.2) is 14.4 Å². The first-order valence-corrected chi connectivity index (χ1v) is 10.0. The van der Waals surface area contributed by atoms with Gasteiger partial charge in [0.15, 0.2) is 0 Å². The number of nitrogens with zero attached hydrogens (tertiary/aromatic N) is 2. The molecule has 3 nitrogen and oxygen atoms in total. The Bertz CT molecular complexity index is 1060. The van der Waals surface area contributed by atoms with Gasteiger partial charge in [0, 0.05) is 18.3 Å². The third kappa shape index (κ3) is 4.10. The lowest BCUT2D eigenvalue weighted by molar-refractivity contribution is 0.628. The van der Waals surface area contributed by atoms with Gasteiger partial charge in [0.05, 0.1) is 15.6 Å². The Hall–Kier alpha value is -3.05. The number of aromatic nitrogens is 2. The summed E-state index contributed by atoms with van der Waals surface area (Å²) in [5, 5.41) is 4.44. The number of hydrogen-bond donors (Lipinski definition) is 1. The van der Waals surface area contributed by atoms with E-state index in [-0.39, 0.29) is 5.82 Å². The van der Waals surface area contributed by atoms with E-state index in [1.807, 2.05) is 36.5 Å². The first-order chi connectivity index (χ1) is 13.7.